The van der Waals surface area contributed by atoms with E-state index in [1.165, 1.54) is 11.1 Å². The van der Waals surface area contributed by atoms with Gasteiger partial charge in [-0.1, -0.05) is 54.1 Å². The fraction of sp³-hybridized carbons (Fsp3) is 0.480. The maximum absolute atomic E-state index is 11.7. The van der Waals surface area contributed by atoms with Gasteiger partial charge in [0.1, 0.15) is 6.61 Å². The molecule has 0 bridgehead atoms. The van der Waals surface area contributed by atoms with Crippen LogP contribution < -0.4 is 0 Å². The summed E-state index contributed by atoms with van der Waals surface area (Å²) >= 11 is 6.11. The normalized spacial score (nSPS) is 14.6. The number of benzene rings is 2. The molecule has 2 aromatic rings. The average Bonchev–Trinajstić information content (AvgIpc) is 2.87. The van der Waals surface area contributed by atoms with Crippen LogP contribution in [0.25, 0.3) is 0 Å². The van der Waals surface area contributed by atoms with Crippen molar-refractivity contribution in [3.05, 3.63) is 80.9 Å². The molecule has 0 amide bonds. The van der Waals surface area contributed by atoms with Crippen molar-refractivity contribution >= 4 is 42.4 Å². The van der Waals surface area contributed by atoms with Crippen molar-refractivity contribution in [1.82, 2.24) is 9.80 Å². The molecule has 0 aromatic heterocycles. The predicted octanol–water partition coefficient (Wildman–Crippen LogP) is 4.44. The van der Waals surface area contributed by atoms with Gasteiger partial charge in [-0.25, -0.2) is 4.79 Å². The lowest BCUT2D eigenvalue weighted by Crippen LogP contribution is -2.48. The molecule has 0 spiro atoms. The van der Waals surface area contributed by atoms with Crippen LogP contribution in [-0.2, 0) is 19.1 Å². The second kappa shape index (κ2) is 18.2. The largest absolute Gasteiger partial charge is 0.464 e. The third kappa shape index (κ3) is 11.8. The SMILES string of the molecule is Cl.Cl.O=C(COCCN1CCN(C(c2ccccc2)c2ccc(Cl)cc2)CC1)OCCCCO[N+](=O)[O-]. The number of halogens is 3. The Bertz CT molecular complexity index is 916. The van der Waals surface area contributed by atoms with E-state index in [0.717, 1.165) is 37.7 Å². The number of rotatable bonds is 14. The Kier molecular flexibility index (Phi) is 16.1. The molecule has 1 aliphatic rings. The van der Waals surface area contributed by atoms with E-state index in [-0.39, 0.29) is 50.7 Å². The van der Waals surface area contributed by atoms with Crippen molar-refractivity contribution in [2.45, 2.75) is 18.9 Å². The molecule has 0 N–H and O–H groups in total. The van der Waals surface area contributed by atoms with Gasteiger partial charge in [-0.15, -0.1) is 34.9 Å². The summed E-state index contributed by atoms with van der Waals surface area (Å²) in [6.07, 6.45) is 0.952. The number of esters is 1. The summed E-state index contributed by atoms with van der Waals surface area (Å²) in [5.41, 5.74) is 2.48. The van der Waals surface area contributed by atoms with Gasteiger partial charge < -0.3 is 14.3 Å². The van der Waals surface area contributed by atoms with Crippen LogP contribution in [0.15, 0.2) is 54.6 Å². The molecule has 3 rings (SSSR count). The first-order valence-electron chi connectivity index (χ1n) is 11.8. The van der Waals surface area contributed by atoms with Gasteiger partial charge in [-0.2, -0.15) is 0 Å². The lowest BCUT2D eigenvalue weighted by molar-refractivity contribution is -0.757. The molecule has 1 fully saturated rings. The Balaban J connectivity index is 0.00000342. The number of ether oxygens (including phenoxy) is 2. The molecule has 0 saturated carbocycles. The standard InChI is InChI=1S/C25H32ClN3O6.2ClH/c26-23-10-8-22(9-11-23)25(21-6-2-1-3-7-21)28-14-12-27(13-15-28)16-19-33-20-24(30)34-17-4-5-18-35-29(31)32;;/h1-3,6-11,25H,4-5,12-20H2;2*1H. The zero-order chi connectivity index (χ0) is 24.9. The molecular formula is C25H34Cl3N3O6. The number of carbonyl (C=O) groups excluding carboxylic acids is 1. The molecule has 37 heavy (non-hydrogen) atoms. The van der Waals surface area contributed by atoms with Crippen molar-refractivity contribution in [3.8, 4) is 0 Å². The minimum Gasteiger partial charge on any atom is -0.464 e. The van der Waals surface area contributed by atoms with E-state index in [1.807, 2.05) is 18.2 Å². The molecule has 1 saturated heterocycles. The maximum atomic E-state index is 11.7. The highest BCUT2D eigenvalue weighted by Crippen LogP contribution is 2.30. The van der Waals surface area contributed by atoms with Crippen LogP contribution in [-0.4, -0.2) is 80.0 Å². The van der Waals surface area contributed by atoms with Crippen LogP contribution in [0.4, 0.5) is 0 Å². The Hall–Kier alpha value is -2.14. The van der Waals surface area contributed by atoms with Crippen molar-refractivity contribution in [3.63, 3.8) is 0 Å². The maximum Gasteiger partial charge on any atom is 0.332 e. The first kappa shape index (κ1) is 32.9. The fourth-order valence-corrected chi connectivity index (χ4v) is 4.19. The topological polar surface area (TPSA) is 94.4 Å². The third-order valence-corrected chi connectivity index (χ3v) is 6.10. The van der Waals surface area contributed by atoms with Gasteiger partial charge in [-0.3, -0.25) is 9.80 Å². The van der Waals surface area contributed by atoms with E-state index in [9.17, 15) is 14.9 Å². The summed E-state index contributed by atoms with van der Waals surface area (Å²) in [6, 6.07) is 18.8. The molecule has 2 aromatic carbocycles. The summed E-state index contributed by atoms with van der Waals surface area (Å²) in [4.78, 5) is 30.8. The summed E-state index contributed by atoms with van der Waals surface area (Å²) in [6.45, 7) is 4.96. The number of nitrogens with zero attached hydrogens (tertiary/aromatic N) is 3. The number of hydrogen-bond acceptors (Lipinski definition) is 8. The predicted molar refractivity (Wildman–Crippen MR) is 146 cm³/mol. The minimum atomic E-state index is -0.832. The summed E-state index contributed by atoms with van der Waals surface area (Å²) in [5, 5.41) is 9.95. The Morgan fingerprint density at radius 3 is 2.19 bits per heavy atom. The molecule has 206 valence electrons. The van der Waals surface area contributed by atoms with E-state index < -0.39 is 11.1 Å². The van der Waals surface area contributed by atoms with Crippen molar-refractivity contribution < 1.29 is 24.2 Å². The van der Waals surface area contributed by atoms with Crippen molar-refractivity contribution in [2.24, 2.45) is 0 Å². The smallest absolute Gasteiger partial charge is 0.332 e. The zero-order valence-corrected chi connectivity index (χ0v) is 22.9. The monoisotopic (exact) mass is 577 g/mol. The van der Waals surface area contributed by atoms with Gasteiger partial charge in [0, 0.05) is 37.7 Å². The lowest BCUT2D eigenvalue weighted by atomic mass is 9.96. The highest BCUT2D eigenvalue weighted by atomic mass is 35.5. The van der Waals surface area contributed by atoms with Crippen molar-refractivity contribution in [1.29, 1.82) is 0 Å². The number of piperazine rings is 1. The first-order chi connectivity index (χ1) is 17.0. The minimum absolute atomic E-state index is 0. The molecular weight excluding hydrogens is 545 g/mol. The Morgan fingerprint density at radius 2 is 1.54 bits per heavy atom. The molecule has 12 heteroatoms. The van der Waals surface area contributed by atoms with Gasteiger partial charge in [0.05, 0.1) is 25.9 Å². The molecule has 0 aliphatic carbocycles. The van der Waals surface area contributed by atoms with Gasteiger partial charge in [0.25, 0.3) is 5.09 Å². The molecule has 1 heterocycles. The van der Waals surface area contributed by atoms with Crippen LogP contribution in [0.5, 0.6) is 0 Å². The number of hydrogen-bond donors (Lipinski definition) is 0. The Morgan fingerprint density at radius 1 is 0.919 bits per heavy atom. The second-order valence-corrected chi connectivity index (χ2v) is 8.72. The van der Waals surface area contributed by atoms with Gasteiger partial charge in [0.15, 0.2) is 0 Å². The van der Waals surface area contributed by atoms with E-state index in [0.29, 0.717) is 19.4 Å². The van der Waals surface area contributed by atoms with Crippen LogP contribution in [0, 0.1) is 10.1 Å². The average molecular weight is 579 g/mol. The molecule has 1 unspecified atom stereocenters. The highest BCUT2D eigenvalue weighted by Gasteiger charge is 2.26. The number of unbranched alkanes of at least 4 members (excludes halogenated alkanes) is 1. The van der Waals surface area contributed by atoms with Gasteiger partial charge in [0.2, 0.25) is 0 Å². The number of carbonyl (C=O) groups is 1. The molecule has 1 aliphatic heterocycles. The fourth-order valence-electron chi connectivity index (χ4n) is 4.06. The van der Waals surface area contributed by atoms with E-state index in [1.54, 1.807) is 0 Å². The molecule has 0 radical (unpaired) electrons. The zero-order valence-electron chi connectivity index (χ0n) is 20.5. The Labute approximate surface area is 234 Å². The summed E-state index contributed by atoms with van der Waals surface area (Å²) < 4.78 is 10.5. The summed E-state index contributed by atoms with van der Waals surface area (Å²) in [7, 11) is 0. The van der Waals surface area contributed by atoms with E-state index in [4.69, 9.17) is 21.1 Å². The second-order valence-electron chi connectivity index (χ2n) is 8.28. The van der Waals surface area contributed by atoms with Gasteiger partial charge in [-0.05, 0) is 36.1 Å². The van der Waals surface area contributed by atoms with Gasteiger partial charge >= 0.3 is 5.97 Å². The molecule has 1 atom stereocenters. The van der Waals surface area contributed by atoms with Crippen LogP contribution in [0.3, 0.4) is 0 Å². The lowest BCUT2D eigenvalue weighted by Gasteiger charge is -2.39. The first-order valence-corrected chi connectivity index (χ1v) is 12.2. The quantitative estimate of drug-likeness (QED) is 0.141. The van der Waals surface area contributed by atoms with Crippen molar-refractivity contribution in [2.75, 3.05) is 59.2 Å². The van der Waals surface area contributed by atoms with Crippen LogP contribution in [0.2, 0.25) is 5.02 Å². The van der Waals surface area contributed by atoms with Crippen LogP contribution >= 0.6 is 36.4 Å². The highest BCUT2D eigenvalue weighted by molar-refractivity contribution is 6.30. The third-order valence-electron chi connectivity index (χ3n) is 5.84. The van der Waals surface area contributed by atoms with E-state index in [2.05, 4.69) is 51.0 Å². The molecule has 9 nitrogen and oxygen atoms in total. The summed E-state index contributed by atoms with van der Waals surface area (Å²) in [5.74, 6) is -0.432. The van der Waals surface area contributed by atoms with E-state index >= 15 is 0 Å². The van der Waals surface area contributed by atoms with Crippen LogP contribution in [0.1, 0.15) is 30.0 Å².